The number of rotatable bonds is 3. The molecule has 4 rings (SSSR count). The number of benzene rings is 1. The fraction of sp³-hybridized carbons (Fsp3) is 0.333. The zero-order valence-electron chi connectivity index (χ0n) is 15.2. The van der Waals surface area contributed by atoms with Crippen molar-refractivity contribution >= 4 is 46.1 Å². The van der Waals surface area contributed by atoms with E-state index in [9.17, 15) is 4.79 Å². The highest BCUT2D eigenvalue weighted by molar-refractivity contribution is 6.43. The number of hydrogen-bond donors (Lipinski definition) is 3. The molecule has 1 amide bonds. The van der Waals surface area contributed by atoms with Gasteiger partial charge in [0.1, 0.15) is 5.52 Å². The molecule has 1 fully saturated rings. The number of anilines is 1. The van der Waals surface area contributed by atoms with E-state index in [4.69, 9.17) is 34.7 Å². The van der Waals surface area contributed by atoms with Crippen molar-refractivity contribution in [2.75, 3.05) is 18.0 Å². The van der Waals surface area contributed by atoms with Crippen LogP contribution in [0.4, 0.5) is 5.82 Å². The molecule has 1 aliphatic heterocycles. The Kier molecular flexibility index (Phi) is 4.65. The van der Waals surface area contributed by atoms with Gasteiger partial charge in [-0.15, -0.1) is 0 Å². The summed E-state index contributed by atoms with van der Waals surface area (Å²) in [5, 5.41) is 7.91. The van der Waals surface area contributed by atoms with Crippen molar-refractivity contribution in [3.05, 3.63) is 33.9 Å². The highest BCUT2D eigenvalue weighted by Crippen LogP contribution is 2.36. The summed E-state index contributed by atoms with van der Waals surface area (Å²) < 4.78 is 0. The van der Waals surface area contributed by atoms with Crippen molar-refractivity contribution in [1.29, 1.82) is 0 Å². The number of halogens is 2. The van der Waals surface area contributed by atoms with Crippen LogP contribution in [0.3, 0.4) is 0 Å². The van der Waals surface area contributed by atoms with Crippen LogP contribution in [0, 0.1) is 0 Å². The van der Waals surface area contributed by atoms with Crippen molar-refractivity contribution in [3.8, 4) is 11.3 Å². The normalized spacial score (nSPS) is 16.5. The van der Waals surface area contributed by atoms with Gasteiger partial charge < -0.3 is 16.4 Å². The number of hydrogen-bond acceptors (Lipinski definition) is 6. The second-order valence-corrected chi connectivity index (χ2v) is 8.06. The Morgan fingerprint density at radius 3 is 2.64 bits per heavy atom. The standard InChI is InChI=1S/C18H19Cl2N7O/c1-18(22)5-7-27(8-6-18)17-14(15(21)28)23-13-12(25-26-16(13)24-17)9-3-2-4-10(19)11(9)20/h2-4H,5-8,22H2,1H3,(H2,21,28)(H,24,25,26). The first-order valence-corrected chi connectivity index (χ1v) is 9.56. The number of carbonyl (C=O) groups excluding carboxylic acids is 1. The summed E-state index contributed by atoms with van der Waals surface area (Å²) in [6, 6.07) is 5.24. The number of nitrogens with zero attached hydrogens (tertiary/aromatic N) is 4. The van der Waals surface area contributed by atoms with E-state index >= 15 is 0 Å². The molecule has 3 heterocycles. The molecule has 10 heteroatoms. The summed E-state index contributed by atoms with van der Waals surface area (Å²) >= 11 is 12.4. The highest BCUT2D eigenvalue weighted by Gasteiger charge is 2.30. The van der Waals surface area contributed by atoms with Gasteiger partial charge in [-0.2, -0.15) is 5.10 Å². The van der Waals surface area contributed by atoms with E-state index in [0.29, 0.717) is 51.4 Å². The molecule has 0 radical (unpaired) electrons. The number of H-pyrrole nitrogens is 1. The van der Waals surface area contributed by atoms with Crippen LogP contribution < -0.4 is 16.4 Å². The Hall–Kier alpha value is -2.42. The Morgan fingerprint density at radius 2 is 1.96 bits per heavy atom. The van der Waals surface area contributed by atoms with Crippen LogP contribution in [-0.2, 0) is 0 Å². The number of nitrogens with one attached hydrogen (secondary N) is 1. The number of amides is 1. The number of fused-ring (bicyclic) bond motifs is 1. The average molecular weight is 420 g/mol. The maximum atomic E-state index is 12.1. The SMILES string of the molecule is CC1(N)CCN(c2nc3n[nH]c(-c4cccc(Cl)c4Cl)c3nc2C(N)=O)CC1. The van der Waals surface area contributed by atoms with Crippen LogP contribution in [0.15, 0.2) is 18.2 Å². The number of aromatic amines is 1. The number of primary amides is 1. The molecule has 3 aromatic rings. The number of piperidine rings is 1. The van der Waals surface area contributed by atoms with Gasteiger partial charge in [0.25, 0.3) is 5.91 Å². The first-order chi connectivity index (χ1) is 13.3. The lowest BCUT2D eigenvalue weighted by Crippen LogP contribution is -2.48. The third kappa shape index (κ3) is 3.28. The molecule has 0 atom stereocenters. The maximum Gasteiger partial charge on any atom is 0.271 e. The van der Waals surface area contributed by atoms with Crippen molar-refractivity contribution in [2.24, 2.45) is 11.5 Å². The van der Waals surface area contributed by atoms with E-state index in [2.05, 4.69) is 20.2 Å². The molecule has 28 heavy (non-hydrogen) atoms. The van der Waals surface area contributed by atoms with Gasteiger partial charge in [-0.25, -0.2) is 9.97 Å². The Morgan fingerprint density at radius 1 is 1.25 bits per heavy atom. The van der Waals surface area contributed by atoms with Gasteiger partial charge >= 0.3 is 0 Å². The van der Waals surface area contributed by atoms with Gasteiger partial charge in [0, 0.05) is 24.2 Å². The molecular formula is C18H19Cl2N7O. The van der Waals surface area contributed by atoms with Crippen LogP contribution >= 0.6 is 23.2 Å². The van der Waals surface area contributed by atoms with Crippen molar-refractivity contribution < 1.29 is 4.79 Å². The molecule has 0 saturated carbocycles. The zero-order valence-corrected chi connectivity index (χ0v) is 16.7. The molecule has 1 aromatic carbocycles. The second-order valence-electron chi connectivity index (χ2n) is 7.27. The first-order valence-electron chi connectivity index (χ1n) is 8.81. The minimum absolute atomic E-state index is 0.0916. The smallest absolute Gasteiger partial charge is 0.271 e. The van der Waals surface area contributed by atoms with Gasteiger partial charge in [-0.1, -0.05) is 35.3 Å². The third-order valence-corrected chi connectivity index (χ3v) is 5.85. The Labute approximate surface area is 171 Å². The zero-order chi connectivity index (χ0) is 20.1. The van der Waals surface area contributed by atoms with E-state index < -0.39 is 5.91 Å². The monoisotopic (exact) mass is 419 g/mol. The summed E-state index contributed by atoms with van der Waals surface area (Å²) in [6.07, 6.45) is 1.55. The summed E-state index contributed by atoms with van der Waals surface area (Å²) in [6.45, 7) is 3.33. The number of aromatic nitrogens is 4. The molecule has 0 unspecified atom stereocenters. The van der Waals surface area contributed by atoms with Crippen LogP contribution in [0.5, 0.6) is 0 Å². The minimum atomic E-state index is -0.658. The molecule has 8 nitrogen and oxygen atoms in total. The maximum absolute atomic E-state index is 12.1. The summed E-state index contributed by atoms with van der Waals surface area (Å²) in [5.41, 5.74) is 13.6. The summed E-state index contributed by atoms with van der Waals surface area (Å²) in [5.74, 6) is -0.236. The minimum Gasteiger partial charge on any atom is -0.364 e. The van der Waals surface area contributed by atoms with Crippen molar-refractivity contribution in [1.82, 2.24) is 20.2 Å². The van der Waals surface area contributed by atoms with Gasteiger partial charge in [-0.3, -0.25) is 9.89 Å². The first kappa shape index (κ1) is 18.9. The number of carbonyl (C=O) groups is 1. The molecule has 1 aliphatic rings. The quantitative estimate of drug-likeness (QED) is 0.598. The van der Waals surface area contributed by atoms with Crippen LogP contribution in [0.25, 0.3) is 22.4 Å². The predicted molar refractivity (Wildman–Crippen MR) is 110 cm³/mol. The molecule has 2 aromatic heterocycles. The molecule has 1 saturated heterocycles. The molecular weight excluding hydrogens is 401 g/mol. The lowest BCUT2D eigenvalue weighted by atomic mass is 9.91. The second kappa shape index (κ2) is 6.88. The van der Waals surface area contributed by atoms with E-state index in [1.807, 2.05) is 11.8 Å². The van der Waals surface area contributed by atoms with Gasteiger partial charge in [-0.05, 0) is 25.8 Å². The lowest BCUT2D eigenvalue weighted by molar-refractivity contribution is 0.0996. The van der Waals surface area contributed by atoms with E-state index in [1.165, 1.54) is 0 Å². The summed E-state index contributed by atoms with van der Waals surface area (Å²) in [4.78, 5) is 23.1. The van der Waals surface area contributed by atoms with E-state index in [1.54, 1.807) is 18.2 Å². The topological polar surface area (TPSA) is 127 Å². The van der Waals surface area contributed by atoms with E-state index in [-0.39, 0.29) is 11.2 Å². The Bertz CT molecular complexity index is 1070. The molecule has 0 aliphatic carbocycles. The van der Waals surface area contributed by atoms with Crippen molar-refractivity contribution in [2.45, 2.75) is 25.3 Å². The molecule has 146 valence electrons. The van der Waals surface area contributed by atoms with E-state index in [0.717, 1.165) is 12.8 Å². The van der Waals surface area contributed by atoms with Gasteiger partial charge in [0.15, 0.2) is 11.5 Å². The average Bonchev–Trinajstić information content (AvgIpc) is 3.06. The lowest BCUT2D eigenvalue weighted by Gasteiger charge is -2.37. The van der Waals surface area contributed by atoms with Crippen molar-refractivity contribution in [3.63, 3.8) is 0 Å². The molecule has 0 bridgehead atoms. The summed E-state index contributed by atoms with van der Waals surface area (Å²) in [7, 11) is 0. The van der Waals surface area contributed by atoms with Gasteiger partial charge in [0.05, 0.1) is 15.7 Å². The van der Waals surface area contributed by atoms with Gasteiger partial charge in [0.2, 0.25) is 5.65 Å². The molecule has 0 spiro atoms. The highest BCUT2D eigenvalue weighted by atomic mass is 35.5. The fourth-order valence-corrected chi connectivity index (χ4v) is 3.72. The van der Waals surface area contributed by atoms with Crippen LogP contribution in [0.1, 0.15) is 30.3 Å². The fourth-order valence-electron chi connectivity index (χ4n) is 3.33. The van der Waals surface area contributed by atoms with Crippen LogP contribution in [-0.4, -0.2) is 44.7 Å². The predicted octanol–water partition coefficient (Wildman–Crippen LogP) is 2.74. The Balaban J connectivity index is 1.83. The largest absolute Gasteiger partial charge is 0.364 e. The van der Waals surface area contributed by atoms with Crippen LogP contribution in [0.2, 0.25) is 10.0 Å². The number of nitrogens with two attached hydrogens (primary N) is 2. The third-order valence-electron chi connectivity index (χ3n) is 5.03. The molecule has 5 N–H and O–H groups in total.